The van der Waals surface area contributed by atoms with Crippen molar-refractivity contribution in [2.75, 3.05) is 6.61 Å². The standard InChI is InChI=1S/C10H14N2O5S/c1-4-17-11-18(15,16)10-6-8(3)7(2)5-9(10)12(13)14/h5-6,11H,4H2,1-3H3. The number of hydrogen-bond acceptors (Lipinski definition) is 5. The number of hydrogen-bond donors (Lipinski definition) is 1. The van der Waals surface area contributed by atoms with Gasteiger partial charge in [-0.3, -0.25) is 15.0 Å². The molecule has 1 aromatic rings. The number of nitro benzene ring substituents is 1. The molecule has 18 heavy (non-hydrogen) atoms. The van der Waals surface area contributed by atoms with E-state index >= 15 is 0 Å². The zero-order chi connectivity index (χ0) is 13.9. The molecule has 100 valence electrons. The maximum absolute atomic E-state index is 11.8. The van der Waals surface area contributed by atoms with Crippen LogP contribution in [0.1, 0.15) is 18.1 Å². The lowest BCUT2D eigenvalue weighted by Crippen LogP contribution is -2.25. The van der Waals surface area contributed by atoms with Crippen LogP contribution in [0, 0.1) is 24.0 Å². The first-order valence-electron chi connectivity index (χ1n) is 5.18. The molecule has 0 saturated carbocycles. The van der Waals surface area contributed by atoms with Crippen molar-refractivity contribution in [1.29, 1.82) is 0 Å². The third-order valence-corrected chi connectivity index (χ3v) is 3.62. The van der Waals surface area contributed by atoms with E-state index in [-0.39, 0.29) is 6.61 Å². The van der Waals surface area contributed by atoms with Crippen molar-refractivity contribution >= 4 is 15.7 Å². The van der Waals surface area contributed by atoms with Crippen LogP contribution in [0.25, 0.3) is 0 Å². The molecule has 0 aliphatic carbocycles. The van der Waals surface area contributed by atoms with Crippen molar-refractivity contribution in [2.45, 2.75) is 25.7 Å². The molecule has 0 fully saturated rings. The van der Waals surface area contributed by atoms with E-state index in [1.165, 1.54) is 12.1 Å². The predicted molar refractivity (Wildman–Crippen MR) is 64.5 cm³/mol. The fourth-order valence-electron chi connectivity index (χ4n) is 1.31. The lowest BCUT2D eigenvalue weighted by atomic mass is 10.1. The average Bonchev–Trinajstić information content (AvgIpc) is 2.29. The van der Waals surface area contributed by atoms with Crippen LogP contribution in [0.5, 0.6) is 0 Å². The average molecular weight is 274 g/mol. The first-order chi connectivity index (χ1) is 8.29. The Morgan fingerprint density at radius 1 is 1.33 bits per heavy atom. The molecule has 8 heteroatoms. The highest BCUT2D eigenvalue weighted by molar-refractivity contribution is 7.89. The zero-order valence-corrected chi connectivity index (χ0v) is 11.1. The molecule has 0 aliphatic rings. The summed E-state index contributed by atoms with van der Waals surface area (Å²) >= 11 is 0. The second-order valence-electron chi connectivity index (χ2n) is 3.68. The predicted octanol–water partition coefficient (Wildman–Crippen LogP) is 1.44. The van der Waals surface area contributed by atoms with Crippen molar-refractivity contribution in [3.8, 4) is 0 Å². The SMILES string of the molecule is CCONS(=O)(=O)c1cc(C)c(C)cc1[N+](=O)[O-]. The van der Waals surface area contributed by atoms with E-state index in [1.807, 2.05) is 4.89 Å². The van der Waals surface area contributed by atoms with Gasteiger partial charge >= 0.3 is 0 Å². The van der Waals surface area contributed by atoms with Crippen molar-refractivity contribution in [2.24, 2.45) is 0 Å². The highest BCUT2D eigenvalue weighted by Gasteiger charge is 2.26. The molecule has 0 aromatic heterocycles. The van der Waals surface area contributed by atoms with E-state index in [1.54, 1.807) is 20.8 Å². The molecule has 0 spiro atoms. The molecule has 0 bridgehead atoms. The molecule has 0 atom stereocenters. The van der Waals surface area contributed by atoms with Gasteiger partial charge in [0, 0.05) is 6.07 Å². The van der Waals surface area contributed by atoms with Gasteiger partial charge in [0.15, 0.2) is 4.90 Å². The van der Waals surface area contributed by atoms with Gasteiger partial charge in [-0.1, -0.05) is 4.89 Å². The van der Waals surface area contributed by atoms with E-state index in [0.29, 0.717) is 11.1 Å². The molecular formula is C10H14N2O5S. The van der Waals surface area contributed by atoms with Gasteiger partial charge in [0.2, 0.25) is 0 Å². The van der Waals surface area contributed by atoms with Crippen LogP contribution in [-0.4, -0.2) is 19.9 Å². The Balaban J connectivity index is 3.39. The summed E-state index contributed by atoms with van der Waals surface area (Å²) in [4.78, 5) is 16.2. The van der Waals surface area contributed by atoms with Crippen molar-refractivity contribution in [3.63, 3.8) is 0 Å². The molecule has 0 unspecified atom stereocenters. The topological polar surface area (TPSA) is 98.5 Å². The van der Waals surface area contributed by atoms with E-state index in [0.717, 1.165) is 0 Å². The Morgan fingerprint density at radius 3 is 2.39 bits per heavy atom. The van der Waals surface area contributed by atoms with Gasteiger partial charge in [-0.15, -0.1) is 0 Å². The van der Waals surface area contributed by atoms with Gasteiger partial charge < -0.3 is 0 Å². The van der Waals surface area contributed by atoms with Gasteiger partial charge in [0.25, 0.3) is 15.7 Å². The molecule has 0 heterocycles. The Bertz CT molecular complexity index is 568. The third-order valence-electron chi connectivity index (χ3n) is 2.37. The summed E-state index contributed by atoms with van der Waals surface area (Å²) in [7, 11) is -4.05. The molecular weight excluding hydrogens is 260 g/mol. The lowest BCUT2D eigenvalue weighted by molar-refractivity contribution is -0.387. The van der Waals surface area contributed by atoms with Crippen LogP contribution in [-0.2, 0) is 14.9 Å². The molecule has 7 nitrogen and oxygen atoms in total. The second kappa shape index (κ2) is 5.42. The van der Waals surface area contributed by atoms with Crippen LogP contribution in [0.2, 0.25) is 0 Å². The number of nitro groups is 1. The molecule has 0 amide bonds. The summed E-state index contributed by atoms with van der Waals surface area (Å²) in [5.41, 5.74) is 0.833. The van der Waals surface area contributed by atoms with Crippen LogP contribution < -0.4 is 4.89 Å². The monoisotopic (exact) mass is 274 g/mol. The van der Waals surface area contributed by atoms with Gasteiger partial charge in [0.05, 0.1) is 11.5 Å². The van der Waals surface area contributed by atoms with Gasteiger partial charge in [0.1, 0.15) is 0 Å². The van der Waals surface area contributed by atoms with Crippen LogP contribution in [0.3, 0.4) is 0 Å². The minimum Gasteiger partial charge on any atom is -0.287 e. The first-order valence-corrected chi connectivity index (χ1v) is 6.67. The number of nitrogens with one attached hydrogen (secondary N) is 1. The number of rotatable bonds is 5. The fourth-order valence-corrected chi connectivity index (χ4v) is 2.42. The molecule has 1 N–H and O–H groups in total. The smallest absolute Gasteiger partial charge is 0.287 e. The largest absolute Gasteiger partial charge is 0.289 e. The van der Waals surface area contributed by atoms with E-state index in [9.17, 15) is 18.5 Å². The van der Waals surface area contributed by atoms with Gasteiger partial charge in [-0.05, 0) is 38.0 Å². The van der Waals surface area contributed by atoms with Gasteiger partial charge in [-0.25, -0.2) is 8.42 Å². The zero-order valence-electron chi connectivity index (χ0n) is 10.3. The summed E-state index contributed by atoms with van der Waals surface area (Å²) < 4.78 is 23.7. The highest BCUT2D eigenvalue weighted by atomic mass is 32.2. The van der Waals surface area contributed by atoms with Crippen LogP contribution in [0.4, 0.5) is 5.69 Å². The molecule has 1 aromatic carbocycles. The molecule has 0 radical (unpaired) electrons. The van der Waals surface area contributed by atoms with Crippen molar-refractivity contribution in [3.05, 3.63) is 33.4 Å². The third kappa shape index (κ3) is 3.03. The second-order valence-corrected chi connectivity index (χ2v) is 5.29. The van der Waals surface area contributed by atoms with Crippen molar-refractivity contribution < 1.29 is 18.2 Å². The maximum atomic E-state index is 11.8. The minimum absolute atomic E-state index is 0.123. The summed E-state index contributed by atoms with van der Waals surface area (Å²) in [6, 6.07) is 2.49. The Hall–Kier alpha value is -1.51. The number of sulfonamides is 1. The quantitative estimate of drug-likeness (QED) is 0.647. The number of nitrogens with zero attached hydrogens (tertiary/aromatic N) is 1. The summed E-state index contributed by atoms with van der Waals surface area (Å²) in [6.45, 7) is 5.07. The van der Waals surface area contributed by atoms with Gasteiger partial charge in [-0.2, -0.15) is 0 Å². The Kier molecular flexibility index (Phi) is 4.38. The maximum Gasteiger partial charge on any atom is 0.289 e. The van der Waals surface area contributed by atoms with Crippen LogP contribution >= 0.6 is 0 Å². The summed E-state index contributed by atoms with van der Waals surface area (Å²) in [5.74, 6) is 0. The lowest BCUT2D eigenvalue weighted by Gasteiger charge is -2.08. The summed E-state index contributed by atoms with van der Waals surface area (Å²) in [5, 5.41) is 10.9. The fraction of sp³-hybridized carbons (Fsp3) is 0.400. The Labute approximate surface area is 105 Å². The van der Waals surface area contributed by atoms with E-state index in [2.05, 4.69) is 4.84 Å². The normalized spacial score (nSPS) is 11.5. The molecule has 1 rings (SSSR count). The first kappa shape index (κ1) is 14.6. The summed E-state index contributed by atoms with van der Waals surface area (Å²) in [6.07, 6.45) is 0. The minimum atomic E-state index is -4.05. The van der Waals surface area contributed by atoms with Crippen molar-refractivity contribution in [1.82, 2.24) is 4.89 Å². The highest BCUT2D eigenvalue weighted by Crippen LogP contribution is 2.27. The van der Waals surface area contributed by atoms with E-state index < -0.39 is 25.5 Å². The number of benzene rings is 1. The Morgan fingerprint density at radius 2 is 1.89 bits per heavy atom. The number of aryl methyl sites for hydroxylation is 2. The van der Waals surface area contributed by atoms with E-state index in [4.69, 9.17) is 0 Å². The molecule has 0 aliphatic heterocycles. The molecule has 0 saturated heterocycles. The van der Waals surface area contributed by atoms with Crippen LogP contribution in [0.15, 0.2) is 17.0 Å².